The number of hydrogen-bond donors (Lipinski definition) is 6. The van der Waals surface area contributed by atoms with Gasteiger partial charge >= 0.3 is 12.1 Å². The number of H-pyrrole nitrogens is 1. The van der Waals surface area contributed by atoms with E-state index in [1.54, 1.807) is 30.5 Å². The molecule has 4 aromatic carbocycles. The third-order valence-corrected chi connectivity index (χ3v) is 11.5. The summed E-state index contributed by atoms with van der Waals surface area (Å²) in [5, 5.41) is 18.3. The molecular formula is C46H49BrN6O8. The Labute approximate surface area is 361 Å². The van der Waals surface area contributed by atoms with E-state index in [-0.39, 0.29) is 31.8 Å². The number of aromatic amines is 1. The molecule has 318 valence electrons. The van der Waals surface area contributed by atoms with E-state index in [0.29, 0.717) is 18.4 Å². The summed E-state index contributed by atoms with van der Waals surface area (Å²) in [7, 11) is 1.47. The van der Waals surface area contributed by atoms with Crippen LogP contribution in [-0.2, 0) is 41.6 Å². The lowest BCUT2D eigenvalue weighted by molar-refractivity contribution is -0.141. The first-order chi connectivity index (χ1) is 29.3. The topological polar surface area (TPSA) is 213 Å². The monoisotopic (exact) mass is 892 g/mol. The summed E-state index contributed by atoms with van der Waals surface area (Å²) in [6.07, 6.45) is 1.53. The molecule has 15 heteroatoms. The van der Waals surface area contributed by atoms with Crippen molar-refractivity contribution in [2.75, 3.05) is 13.7 Å². The molecule has 0 saturated heterocycles. The van der Waals surface area contributed by atoms with Crippen molar-refractivity contribution in [3.8, 4) is 11.1 Å². The van der Waals surface area contributed by atoms with Crippen molar-refractivity contribution in [3.05, 3.63) is 130 Å². The van der Waals surface area contributed by atoms with Crippen molar-refractivity contribution in [3.63, 3.8) is 0 Å². The van der Waals surface area contributed by atoms with Crippen molar-refractivity contribution in [2.24, 2.45) is 5.73 Å². The van der Waals surface area contributed by atoms with Crippen molar-refractivity contribution in [2.45, 2.75) is 75.5 Å². The number of rotatable bonds is 19. The van der Waals surface area contributed by atoms with Crippen LogP contribution >= 0.6 is 15.9 Å². The zero-order chi connectivity index (χ0) is 43.6. The molecule has 1 heterocycles. The lowest BCUT2D eigenvalue weighted by atomic mass is 9.98. The van der Waals surface area contributed by atoms with Gasteiger partial charge in [0.2, 0.25) is 23.6 Å². The van der Waals surface area contributed by atoms with Crippen LogP contribution < -0.4 is 21.7 Å². The number of carbonyl (C=O) groups is 6. The third kappa shape index (κ3) is 10.8. The average Bonchev–Trinajstić information content (AvgIpc) is 3.80. The summed E-state index contributed by atoms with van der Waals surface area (Å²) >= 11 is 3.37. The van der Waals surface area contributed by atoms with Crippen LogP contribution in [0.3, 0.4) is 0 Å². The molecule has 5 amide bonds. The number of nitrogens with zero attached hydrogens (tertiary/aromatic N) is 1. The molecule has 5 aromatic rings. The summed E-state index contributed by atoms with van der Waals surface area (Å²) in [6, 6.07) is 25.2. The smallest absolute Gasteiger partial charge is 0.410 e. The van der Waals surface area contributed by atoms with E-state index in [2.05, 4.69) is 36.9 Å². The van der Waals surface area contributed by atoms with Gasteiger partial charge in [-0.15, -0.1) is 0 Å². The van der Waals surface area contributed by atoms with E-state index in [1.165, 1.54) is 11.9 Å². The van der Waals surface area contributed by atoms with E-state index in [1.807, 2.05) is 79.7 Å². The van der Waals surface area contributed by atoms with Gasteiger partial charge in [0.05, 0.1) is 6.42 Å². The van der Waals surface area contributed by atoms with Crippen LogP contribution in [0.25, 0.3) is 22.0 Å². The van der Waals surface area contributed by atoms with Crippen molar-refractivity contribution >= 4 is 62.5 Å². The standard InChI is InChI=1S/C46H49BrN6O8/c1-3-4-19-37(43(57)52-39(24-41(54)55)44(58)51-38(42(48)56)22-27-12-11-13-29(47)21-27)50-45(59)40(23-28-25-49-36-20-10-9-14-30(28)36)53(2)46(60)61-26-35-33-17-7-5-15-31(33)32-16-6-8-18-34(32)35/h5-18,20-21,25,35,37-40,49H,3-4,19,22-24,26H2,1-2H3,(H2,48,56)(H,50,59)(H,51,58)(H,52,57)(H,54,55)/t37-,38-,39-,40-/m0/s1. The molecule has 0 spiro atoms. The van der Waals surface area contributed by atoms with Crippen LogP contribution in [0.1, 0.15) is 60.8 Å². The van der Waals surface area contributed by atoms with Crippen LogP contribution in [0.15, 0.2) is 108 Å². The number of amides is 5. The molecule has 0 fully saturated rings. The zero-order valence-electron chi connectivity index (χ0n) is 33.9. The number of nitrogens with one attached hydrogen (secondary N) is 4. The number of halogens is 1. The van der Waals surface area contributed by atoms with Crippen molar-refractivity contribution < 1.29 is 38.6 Å². The first-order valence-corrected chi connectivity index (χ1v) is 20.9. The second-order valence-corrected chi connectivity index (χ2v) is 16.1. The average molecular weight is 894 g/mol. The SMILES string of the molecule is CCCC[C@H](NC(=O)[C@H](Cc1c[nH]c2ccccc12)N(C)C(=O)OCC1c2ccccc2-c2ccccc21)C(=O)N[C@@H](CC(=O)O)C(=O)N[C@@H](Cc1cccc(Br)c1)C(N)=O. The molecule has 0 radical (unpaired) electrons. The van der Waals surface area contributed by atoms with Gasteiger partial charge in [0, 0.05) is 47.4 Å². The summed E-state index contributed by atoms with van der Waals surface area (Å²) in [5.74, 6) is -4.89. The third-order valence-electron chi connectivity index (χ3n) is 11.0. The molecule has 14 nitrogen and oxygen atoms in total. The van der Waals surface area contributed by atoms with Crippen LogP contribution in [0.2, 0.25) is 0 Å². The van der Waals surface area contributed by atoms with E-state index in [0.717, 1.165) is 43.2 Å². The lowest BCUT2D eigenvalue weighted by Gasteiger charge is -2.29. The molecule has 0 saturated carbocycles. The number of likely N-dealkylation sites (N-methyl/N-ethyl adjacent to an activating group) is 1. The predicted molar refractivity (Wildman–Crippen MR) is 233 cm³/mol. The molecule has 0 aliphatic heterocycles. The minimum Gasteiger partial charge on any atom is -0.481 e. The number of fused-ring (bicyclic) bond motifs is 4. The van der Waals surface area contributed by atoms with E-state index in [9.17, 15) is 33.9 Å². The number of aromatic nitrogens is 1. The summed E-state index contributed by atoms with van der Waals surface area (Å²) in [5.41, 5.74) is 12.1. The molecule has 61 heavy (non-hydrogen) atoms. The van der Waals surface area contributed by atoms with Gasteiger partial charge in [0.1, 0.15) is 30.8 Å². The molecule has 4 atom stereocenters. The van der Waals surface area contributed by atoms with Crippen LogP contribution in [0, 0.1) is 0 Å². The Morgan fingerprint density at radius 2 is 1.43 bits per heavy atom. The first kappa shape index (κ1) is 44.1. The van der Waals surface area contributed by atoms with E-state index < -0.39 is 66.3 Å². The summed E-state index contributed by atoms with van der Waals surface area (Å²) in [4.78, 5) is 84.7. The Balaban J connectivity index is 1.21. The second kappa shape index (κ2) is 20.2. The van der Waals surface area contributed by atoms with Gasteiger partial charge in [-0.1, -0.05) is 115 Å². The molecule has 1 aliphatic carbocycles. The summed E-state index contributed by atoms with van der Waals surface area (Å²) in [6.45, 7) is 1.92. The normalized spacial score (nSPS) is 13.8. The first-order valence-electron chi connectivity index (χ1n) is 20.1. The number of nitrogens with two attached hydrogens (primary N) is 1. The molecule has 0 bridgehead atoms. The van der Waals surface area contributed by atoms with Crippen LogP contribution in [0.5, 0.6) is 0 Å². The van der Waals surface area contributed by atoms with Gasteiger partial charge in [-0.2, -0.15) is 0 Å². The number of primary amides is 1. The number of carboxylic acids is 1. The Kier molecular flexibility index (Phi) is 14.6. The minimum atomic E-state index is -1.62. The van der Waals surface area contributed by atoms with E-state index >= 15 is 0 Å². The van der Waals surface area contributed by atoms with Crippen molar-refractivity contribution in [1.82, 2.24) is 25.8 Å². The molecular weight excluding hydrogens is 844 g/mol. The maximum Gasteiger partial charge on any atom is 0.410 e. The number of ether oxygens (including phenoxy) is 1. The van der Waals surface area contributed by atoms with Gasteiger partial charge in [-0.05, 0) is 58.0 Å². The van der Waals surface area contributed by atoms with E-state index in [4.69, 9.17) is 10.5 Å². The number of hydrogen-bond acceptors (Lipinski definition) is 7. The zero-order valence-corrected chi connectivity index (χ0v) is 35.4. The Bertz CT molecular complexity index is 2370. The fraction of sp³-hybridized carbons (Fsp3) is 0.304. The number of carboxylic acid groups (broad SMARTS) is 1. The fourth-order valence-electron chi connectivity index (χ4n) is 7.73. The number of unbranched alkanes of at least 4 members (excludes halogenated alkanes) is 1. The van der Waals surface area contributed by atoms with Gasteiger partial charge in [-0.25, -0.2) is 4.79 Å². The quantitative estimate of drug-likeness (QED) is 0.0616. The minimum absolute atomic E-state index is 0.0123. The maximum absolute atomic E-state index is 14.5. The number of para-hydroxylation sites is 1. The van der Waals surface area contributed by atoms with Crippen molar-refractivity contribution in [1.29, 1.82) is 0 Å². The second-order valence-electron chi connectivity index (χ2n) is 15.2. The highest BCUT2D eigenvalue weighted by Crippen LogP contribution is 2.44. The van der Waals surface area contributed by atoms with Gasteiger partial charge in [-0.3, -0.25) is 28.9 Å². The Hall–Kier alpha value is -6.48. The lowest BCUT2D eigenvalue weighted by Crippen LogP contribution is -2.59. The Morgan fingerprint density at radius 1 is 0.803 bits per heavy atom. The number of benzene rings is 4. The number of aliphatic carboxylic acids is 1. The highest BCUT2D eigenvalue weighted by molar-refractivity contribution is 9.10. The molecule has 1 aliphatic rings. The predicted octanol–water partition coefficient (Wildman–Crippen LogP) is 5.57. The van der Waals surface area contributed by atoms with Crippen LogP contribution in [0.4, 0.5) is 4.79 Å². The molecule has 1 aromatic heterocycles. The molecule has 7 N–H and O–H groups in total. The fourth-order valence-corrected chi connectivity index (χ4v) is 8.18. The largest absolute Gasteiger partial charge is 0.481 e. The number of carbonyl (C=O) groups excluding carboxylic acids is 5. The van der Waals surface area contributed by atoms with Gasteiger partial charge in [0.25, 0.3) is 0 Å². The molecule has 6 rings (SSSR count). The highest BCUT2D eigenvalue weighted by Gasteiger charge is 2.36. The highest BCUT2D eigenvalue weighted by atomic mass is 79.9. The van der Waals surface area contributed by atoms with Gasteiger partial charge in [0.15, 0.2) is 0 Å². The maximum atomic E-state index is 14.5. The van der Waals surface area contributed by atoms with Crippen LogP contribution in [-0.4, -0.2) is 88.5 Å². The Morgan fingerprint density at radius 3 is 2.08 bits per heavy atom. The summed E-state index contributed by atoms with van der Waals surface area (Å²) < 4.78 is 6.69. The van der Waals surface area contributed by atoms with Gasteiger partial charge < -0.3 is 36.5 Å². The molecule has 0 unspecified atom stereocenters.